The highest BCUT2D eigenvalue weighted by Crippen LogP contribution is 1.77. The van der Waals surface area contributed by atoms with Gasteiger partial charge in [-0.15, -0.1) is 0 Å². The van der Waals surface area contributed by atoms with Crippen molar-refractivity contribution in [2.45, 2.75) is 0 Å². The molecule has 5 heteroatoms. The molecule has 0 aromatic carbocycles. The van der Waals surface area contributed by atoms with E-state index >= 15 is 0 Å². The van der Waals surface area contributed by atoms with Gasteiger partial charge in [-0.3, -0.25) is 4.79 Å². The smallest absolute Gasteiger partial charge is 0.246 e. The molecular formula is C9H18N2O3. The van der Waals surface area contributed by atoms with E-state index in [0.29, 0.717) is 26.3 Å². The van der Waals surface area contributed by atoms with Crippen LogP contribution in [0.5, 0.6) is 0 Å². The van der Waals surface area contributed by atoms with Crippen molar-refractivity contribution >= 4 is 5.91 Å². The maximum absolute atomic E-state index is 11.0. The maximum atomic E-state index is 11.0. The third-order valence-electron chi connectivity index (χ3n) is 1.38. The fourth-order valence-corrected chi connectivity index (χ4v) is 0.710. The van der Waals surface area contributed by atoms with Crippen molar-refractivity contribution in [1.29, 1.82) is 0 Å². The summed E-state index contributed by atoms with van der Waals surface area (Å²) in [7, 11) is 1.58. The lowest BCUT2D eigenvalue weighted by atomic mass is 10.5. The zero-order chi connectivity index (χ0) is 10.6. The molecule has 1 amide bonds. The molecule has 0 bridgehead atoms. The average Bonchev–Trinajstić information content (AvgIpc) is 2.19. The number of carbonyl (C=O) groups is 1. The molecule has 5 nitrogen and oxygen atoms in total. The second-order valence-corrected chi connectivity index (χ2v) is 2.56. The molecule has 0 radical (unpaired) electrons. The van der Waals surface area contributed by atoms with Crippen LogP contribution in [0.15, 0.2) is 12.2 Å². The van der Waals surface area contributed by atoms with E-state index in [1.165, 1.54) is 0 Å². The van der Waals surface area contributed by atoms with Crippen molar-refractivity contribution in [3.8, 4) is 0 Å². The Hall–Kier alpha value is -0.910. The first-order valence-electron chi connectivity index (χ1n) is 4.49. The number of carbonyl (C=O) groups excluding carboxylic acids is 1. The van der Waals surface area contributed by atoms with Gasteiger partial charge in [-0.25, -0.2) is 0 Å². The monoisotopic (exact) mass is 202 g/mol. The SMILES string of the molecule is COCCOCC(=O)NC/C=C/CN. The lowest BCUT2D eigenvalue weighted by molar-refractivity contribution is -0.125. The molecule has 0 aliphatic carbocycles. The third-order valence-corrected chi connectivity index (χ3v) is 1.38. The number of amides is 1. The first kappa shape index (κ1) is 13.1. The summed E-state index contributed by atoms with van der Waals surface area (Å²) in [6, 6.07) is 0. The van der Waals surface area contributed by atoms with Gasteiger partial charge in [0.2, 0.25) is 5.91 Å². The summed E-state index contributed by atoms with van der Waals surface area (Å²) in [6.07, 6.45) is 3.58. The quantitative estimate of drug-likeness (QED) is 0.402. The van der Waals surface area contributed by atoms with Crippen LogP contribution in [0.3, 0.4) is 0 Å². The standard InChI is InChI=1S/C9H18N2O3/c1-13-6-7-14-8-9(12)11-5-3-2-4-10/h2-3H,4-8,10H2,1H3,(H,11,12)/b3-2+. The third kappa shape index (κ3) is 9.18. The van der Waals surface area contributed by atoms with Gasteiger partial charge in [-0.1, -0.05) is 12.2 Å². The van der Waals surface area contributed by atoms with Crippen molar-refractivity contribution in [3.63, 3.8) is 0 Å². The molecule has 0 saturated carbocycles. The molecule has 0 aliphatic rings. The van der Waals surface area contributed by atoms with E-state index < -0.39 is 0 Å². The molecule has 82 valence electrons. The molecule has 0 heterocycles. The topological polar surface area (TPSA) is 73.6 Å². The number of nitrogens with two attached hydrogens (primary N) is 1. The normalized spacial score (nSPS) is 10.7. The molecule has 0 rings (SSSR count). The van der Waals surface area contributed by atoms with Crippen LogP contribution in [0.25, 0.3) is 0 Å². The average molecular weight is 202 g/mol. The van der Waals surface area contributed by atoms with Crippen molar-refractivity contribution in [1.82, 2.24) is 5.32 Å². The van der Waals surface area contributed by atoms with E-state index in [1.54, 1.807) is 19.3 Å². The van der Waals surface area contributed by atoms with Gasteiger partial charge in [0, 0.05) is 20.2 Å². The minimum atomic E-state index is -0.136. The first-order chi connectivity index (χ1) is 6.81. The van der Waals surface area contributed by atoms with Crippen molar-refractivity contribution in [3.05, 3.63) is 12.2 Å². The number of hydrogen-bond acceptors (Lipinski definition) is 4. The minimum Gasteiger partial charge on any atom is -0.382 e. The summed E-state index contributed by atoms with van der Waals surface area (Å²) in [5.74, 6) is -0.136. The fraction of sp³-hybridized carbons (Fsp3) is 0.667. The fourth-order valence-electron chi connectivity index (χ4n) is 0.710. The van der Waals surface area contributed by atoms with Crippen LogP contribution in [-0.2, 0) is 14.3 Å². The summed E-state index contributed by atoms with van der Waals surface area (Å²) in [4.78, 5) is 11.0. The van der Waals surface area contributed by atoms with Crippen LogP contribution < -0.4 is 11.1 Å². The van der Waals surface area contributed by atoms with E-state index in [0.717, 1.165) is 0 Å². The van der Waals surface area contributed by atoms with Crippen LogP contribution in [0, 0.1) is 0 Å². The number of rotatable bonds is 8. The summed E-state index contributed by atoms with van der Waals surface area (Å²) in [6.45, 7) is 1.98. The molecule has 0 fully saturated rings. The Morgan fingerprint density at radius 1 is 1.43 bits per heavy atom. The van der Waals surface area contributed by atoms with Crippen LogP contribution >= 0.6 is 0 Å². The van der Waals surface area contributed by atoms with Crippen LogP contribution in [0.2, 0.25) is 0 Å². The number of hydrogen-bond donors (Lipinski definition) is 2. The second kappa shape index (κ2) is 10.2. The highest BCUT2D eigenvalue weighted by Gasteiger charge is 1.97. The Labute approximate surface area is 84.2 Å². The van der Waals surface area contributed by atoms with Gasteiger partial charge in [0.1, 0.15) is 6.61 Å². The number of ether oxygens (including phenoxy) is 2. The predicted molar refractivity (Wildman–Crippen MR) is 53.9 cm³/mol. The zero-order valence-electron chi connectivity index (χ0n) is 8.49. The molecular weight excluding hydrogens is 184 g/mol. The second-order valence-electron chi connectivity index (χ2n) is 2.56. The Bertz CT molecular complexity index is 171. The van der Waals surface area contributed by atoms with Crippen LogP contribution in [0.1, 0.15) is 0 Å². The molecule has 0 aromatic rings. The molecule has 0 aromatic heterocycles. The van der Waals surface area contributed by atoms with Crippen LogP contribution in [0.4, 0.5) is 0 Å². The van der Waals surface area contributed by atoms with Gasteiger partial charge in [0.25, 0.3) is 0 Å². The zero-order valence-corrected chi connectivity index (χ0v) is 8.49. The lowest BCUT2D eigenvalue weighted by Gasteiger charge is -2.03. The van der Waals surface area contributed by atoms with Gasteiger partial charge in [-0.2, -0.15) is 0 Å². The Kier molecular flexibility index (Phi) is 9.51. The summed E-state index contributed by atoms with van der Waals surface area (Å²) >= 11 is 0. The van der Waals surface area contributed by atoms with Crippen LogP contribution in [-0.4, -0.2) is 45.9 Å². The molecule has 0 spiro atoms. The predicted octanol–water partition coefficient (Wildman–Crippen LogP) is -0.719. The Morgan fingerprint density at radius 2 is 2.21 bits per heavy atom. The van der Waals surface area contributed by atoms with Crippen molar-refractivity contribution in [2.24, 2.45) is 5.73 Å². The van der Waals surface area contributed by atoms with E-state index in [-0.39, 0.29) is 12.5 Å². The lowest BCUT2D eigenvalue weighted by Crippen LogP contribution is -2.28. The number of nitrogens with one attached hydrogen (secondary N) is 1. The van der Waals surface area contributed by atoms with Gasteiger partial charge in [0.15, 0.2) is 0 Å². The Morgan fingerprint density at radius 3 is 2.86 bits per heavy atom. The van der Waals surface area contributed by atoms with Gasteiger partial charge in [-0.05, 0) is 0 Å². The van der Waals surface area contributed by atoms with E-state index in [1.807, 2.05) is 0 Å². The maximum Gasteiger partial charge on any atom is 0.246 e. The largest absolute Gasteiger partial charge is 0.382 e. The molecule has 0 saturated heterocycles. The Balaban J connectivity index is 3.24. The van der Waals surface area contributed by atoms with E-state index in [2.05, 4.69) is 5.32 Å². The van der Waals surface area contributed by atoms with Gasteiger partial charge < -0.3 is 20.5 Å². The first-order valence-corrected chi connectivity index (χ1v) is 4.49. The molecule has 14 heavy (non-hydrogen) atoms. The summed E-state index contributed by atoms with van der Waals surface area (Å²) in [5.41, 5.74) is 5.22. The van der Waals surface area contributed by atoms with Crippen molar-refractivity contribution < 1.29 is 14.3 Å². The van der Waals surface area contributed by atoms with Gasteiger partial charge >= 0.3 is 0 Å². The molecule has 0 atom stereocenters. The number of methoxy groups -OCH3 is 1. The minimum absolute atomic E-state index is 0.0693. The summed E-state index contributed by atoms with van der Waals surface area (Å²) in [5, 5.41) is 2.65. The summed E-state index contributed by atoms with van der Waals surface area (Å²) < 4.78 is 9.76. The van der Waals surface area contributed by atoms with Gasteiger partial charge in [0.05, 0.1) is 13.2 Å². The molecule has 0 unspecified atom stereocenters. The highest BCUT2D eigenvalue weighted by atomic mass is 16.5. The van der Waals surface area contributed by atoms with E-state index in [4.69, 9.17) is 15.2 Å². The van der Waals surface area contributed by atoms with Crippen molar-refractivity contribution in [2.75, 3.05) is 40.0 Å². The highest BCUT2D eigenvalue weighted by molar-refractivity contribution is 5.77. The molecule has 0 aliphatic heterocycles. The van der Waals surface area contributed by atoms with E-state index in [9.17, 15) is 4.79 Å². The molecule has 3 N–H and O–H groups in total.